The number of anilines is 5. The summed E-state index contributed by atoms with van der Waals surface area (Å²) in [7, 11) is 0. The van der Waals surface area contributed by atoms with Crippen LogP contribution in [0.25, 0.3) is 75.1 Å². The van der Waals surface area contributed by atoms with E-state index in [2.05, 4.69) is 201 Å². The van der Waals surface area contributed by atoms with Crippen molar-refractivity contribution in [2.45, 2.75) is 52.4 Å². The molecule has 0 atom stereocenters. The van der Waals surface area contributed by atoms with Crippen LogP contribution in [-0.4, -0.2) is 6.85 Å². The van der Waals surface area contributed by atoms with Crippen molar-refractivity contribution in [1.82, 2.24) is 0 Å². The molecule has 5 heteroatoms. The van der Waals surface area contributed by atoms with Crippen LogP contribution in [0.2, 0.25) is 0 Å². The highest BCUT2D eigenvalue weighted by molar-refractivity contribution is 7.26. The molecule has 0 saturated carbocycles. The molecule has 9 aromatic carbocycles. The first kappa shape index (κ1) is 37.3. The molecule has 0 amide bonds. The van der Waals surface area contributed by atoms with Crippen LogP contribution < -0.4 is 20.6 Å². The molecule has 0 unspecified atom stereocenters. The van der Waals surface area contributed by atoms with Crippen LogP contribution in [0.15, 0.2) is 168 Å². The minimum absolute atomic E-state index is 0.155. The lowest BCUT2D eigenvalue weighted by atomic mass is 9.43. The van der Waals surface area contributed by atoms with Crippen LogP contribution in [0, 0.1) is 6.92 Å². The Morgan fingerprint density at radius 1 is 0.585 bits per heavy atom. The molecule has 4 heterocycles. The number of nitrogens with zero attached hydrogens (tertiary/aromatic N) is 2. The fraction of sp³-hybridized carbons (Fsp3) is 0.133. The number of furan rings is 1. The zero-order chi connectivity index (χ0) is 43.3. The van der Waals surface area contributed by atoms with E-state index in [4.69, 9.17) is 4.42 Å². The average molecular weight is 853 g/mol. The number of hydrogen-bond acceptors (Lipinski definition) is 4. The van der Waals surface area contributed by atoms with E-state index in [0.717, 1.165) is 28.4 Å². The predicted octanol–water partition coefficient (Wildman–Crippen LogP) is 15.8. The first-order chi connectivity index (χ1) is 31.9. The summed E-state index contributed by atoms with van der Waals surface area (Å²) in [4.78, 5) is 5.31. The van der Waals surface area contributed by atoms with E-state index in [9.17, 15) is 0 Å². The second-order valence-electron chi connectivity index (χ2n) is 19.1. The molecule has 1 aliphatic carbocycles. The van der Waals surface area contributed by atoms with Crippen LogP contribution >= 0.6 is 11.3 Å². The molecule has 3 nitrogen and oxygen atoms in total. The van der Waals surface area contributed by atoms with E-state index in [1.807, 2.05) is 11.3 Å². The van der Waals surface area contributed by atoms with E-state index >= 15 is 0 Å². The van der Waals surface area contributed by atoms with Crippen LogP contribution in [0.5, 0.6) is 0 Å². The summed E-state index contributed by atoms with van der Waals surface area (Å²) < 4.78 is 9.76. The molecule has 310 valence electrons. The Hall–Kier alpha value is -7.08. The molecule has 3 aliphatic rings. The highest BCUT2D eigenvalue weighted by Gasteiger charge is 2.48. The summed E-state index contributed by atoms with van der Waals surface area (Å²) in [5.74, 6) is 0. The second kappa shape index (κ2) is 13.5. The van der Waals surface area contributed by atoms with E-state index < -0.39 is 0 Å². The Morgan fingerprint density at radius 3 is 2.22 bits per heavy atom. The van der Waals surface area contributed by atoms with Gasteiger partial charge in [-0.1, -0.05) is 136 Å². The van der Waals surface area contributed by atoms with Gasteiger partial charge in [0.05, 0.1) is 0 Å². The number of hydrogen-bond donors (Lipinski definition) is 0. The van der Waals surface area contributed by atoms with E-state index in [1.165, 1.54) is 128 Å². The first-order valence-electron chi connectivity index (χ1n) is 23.3. The lowest BCUT2D eigenvalue weighted by molar-refractivity contribution is 0.660. The fourth-order valence-corrected chi connectivity index (χ4v) is 13.1. The summed E-state index contributed by atoms with van der Waals surface area (Å²) in [6.45, 7) is 9.21. The van der Waals surface area contributed by atoms with Gasteiger partial charge in [-0.15, -0.1) is 11.3 Å². The Morgan fingerprint density at radius 2 is 1.35 bits per heavy atom. The normalized spacial score (nSPS) is 14.4. The minimum Gasteiger partial charge on any atom is -0.455 e. The van der Waals surface area contributed by atoms with Gasteiger partial charge in [-0.25, -0.2) is 0 Å². The molecule has 2 aromatic heterocycles. The van der Waals surface area contributed by atoms with Crippen molar-refractivity contribution in [2.75, 3.05) is 9.71 Å². The number of thiophene rings is 1. The van der Waals surface area contributed by atoms with Gasteiger partial charge >= 0.3 is 6.85 Å². The highest BCUT2D eigenvalue weighted by Crippen LogP contribution is 2.55. The molecule has 65 heavy (non-hydrogen) atoms. The fourth-order valence-electron chi connectivity index (χ4n) is 12.0. The molecule has 0 radical (unpaired) electrons. The van der Waals surface area contributed by atoms with Gasteiger partial charge in [0, 0.05) is 75.9 Å². The number of rotatable bonds is 5. The van der Waals surface area contributed by atoms with Gasteiger partial charge in [-0.3, -0.25) is 0 Å². The van der Waals surface area contributed by atoms with Crippen molar-refractivity contribution in [1.29, 1.82) is 0 Å². The summed E-state index contributed by atoms with van der Waals surface area (Å²) in [6, 6.07) is 62.3. The summed E-state index contributed by atoms with van der Waals surface area (Å²) in [5, 5.41) is 7.34. The van der Waals surface area contributed by atoms with Gasteiger partial charge in [-0.05, 0) is 129 Å². The standard InChI is InChI=1S/C60H45BN2OS/c1-5-6-15-36-24-27-50(35(2)28-36)62-52-34-56-44(43-20-11-14-23-55(43)65-56)32-49(52)61-58-53(62)33-45-42-19-10-13-22-54(42)64-59(45)57(58)46-29-37-16-7-8-17-38(37)30-51(46)63(61)39-25-26-41-40-18-9-12-21-47(40)60(3,4)48(41)31-39/h7-14,16-34H,5-6,15H2,1-4H3. The quantitative estimate of drug-likeness (QED) is 0.161. The van der Waals surface area contributed by atoms with Crippen LogP contribution in [-0.2, 0) is 11.8 Å². The summed E-state index contributed by atoms with van der Waals surface area (Å²) >= 11 is 1.90. The molecule has 11 aromatic rings. The van der Waals surface area contributed by atoms with Gasteiger partial charge < -0.3 is 14.1 Å². The van der Waals surface area contributed by atoms with Gasteiger partial charge in [0.1, 0.15) is 11.2 Å². The second-order valence-corrected chi connectivity index (χ2v) is 20.2. The number of para-hydroxylation sites is 1. The smallest absolute Gasteiger partial charge is 0.333 e. The molecule has 0 N–H and O–H groups in total. The number of fused-ring (bicyclic) bond motifs is 15. The molecule has 0 bridgehead atoms. The van der Waals surface area contributed by atoms with Crippen molar-refractivity contribution in [3.05, 3.63) is 186 Å². The SMILES string of the molecule is CCCCc1ccc(N2c3cc4sc5ccccc5c4cc3B3c4c2cc2c(oc5ccccc52)c4-c2cc4ccccc4cc2N3c2ccc3c(c2)C(C)(C)c2ccccc2-3)c(C)c1. The zero-order valence-electron chi connectivity index (χ0n) is 37.0. The average Bonchev–Trinajstić information content (AvgIpc) is 3.96. The third kappa shape index (κ3) is 5.13. The molecule has 2 aliphatic heterocycles. The maximum Gasteiger partial charge on any atom is 0.333 e. The van der Waals surface area contributed by atoms with Gasteiger partial charge in [0.15, 0.2) is 0 Å². The van der Waals surface area contributed by atoms with E-state index in [-0.39, 0.29) is 12.3 Å². The van der Waals surface area contributed by atoms with Gasteiger partial charge in [-0.2, -0.15) is 0 Å². The van der Waals surface area contributed by atoms with E-state index in [1.54, 1.807) is 0 Å². The molecule has 0 fully saturated rings. The molecule has 0 saturated heterocycles. The Kier molecular flexibility index (Phi) is 7.74. The highest BCUT2D eigenvalue weighted by atomic mass is 32.1. The number of unbranched alkanes of at least 4 members (excludes halogenated alkanes) is 1. The lowest BCUT2D eigenvalue weighted by Gasteiger charge is -2.46. The zero-order valence-corrected chi connectivity index (χ0v) is 37.8. The van der Waals surface area contributed by atoms with Gasteiger partial charge in [0.2, 0.25) is 0 Å². The maximum absolute atomic E-state index is 7.14. The van der Waals surface area contributed by atoms with Crippen molar-refractivity contribution >= 4 is 110 Å². The summed E-state index contributed by atoms with van der Waals surface area (Å²) in [5.41, 5.74) is 20.8. The number of benzene rings is 9. The Bertz CT molecular complexity index is 3850. The molecule has 14 rings (SSSR count). The van der Waals surface area contributed by atoms with E-state index in [0.29, 0.717) is 0 Å². The van der Waals surface area contributed by atoms with Crippen molar-refractivity contribution in [3.8, 4) is 22.3 Å². The maximum atomic E-state index is 7.14. The summed E-state index contributed by atoms with van der Waals surface area (Å²) in [6.07, 6.45) is 3.45. The first-order valence-corrected chi connectivity index (χ1v) is 24.1. The van der Waals surface area contributed by atoms with Crippen LogP contribution in [0.4, 0.5) is 28.4 Å². The van der Waals surface area contributed by atoms with Crippen molar-refractivity contribution in [3.63, 3.8) is 0 Å². The van der Waals surface area contributed by atoms with Crippen LogP contribution in [0.1, 0.15) is 55.9 Å². The third-order valence-electron chi connectivity index (χ3n) is 15.1. The predicted molar refractivity (Wildman–Crippen MR) is 279 cm³/mol. The molecular weight excluding hydrogens is 808 g/mol. The monoisotopic (exact) mass is 852 g/mol. The van der Waals surface area contributed by atoms with Crippen molar-refractivity contribution < 1.29 is 4.42 Å². The molecule has 0 spiro atoms. The van der Waals surface area contributed by atoms with Crippen molar-refractivity contribution in [2.24, 2.45) is 0 Å². The number of aryl methyl sites for hydroxylation is 2. The third-order valence-corrected chi connectivity index (χ3v) is 16.2. The molecular formula is C60H45BN2OS. The minimum atomic E-state index is -0.172. The Labute approximate surface area is 383 Å². The van der Waals surface area contributed by atoms with Gasteiger partial charge in [0.25, 0.3) is 0 Å². The van der Waals surface area contributed by atoms with Crippen LogP contribution in [0.3, 0.4) is 0 Å². The largest absolute Gasteiger partial charge is 0.455 e. The topological polar surface area (TPSA) is 19.6 Å². The Balaban J connectivity index is 1.14. The lowest BCUT2D eigenvalue weighted by Crippen LogP contribution is -2.61.